The third kappa shape index (κ3) is 3.66. The number of halogens is 1. The van der Waals surface area contributed by atoms with Crippen molar-refractivity contribution < 1.29 is 0 Å². The summed E-state index contributed by atoms with van der Waals surface area (Å²) in [6.07, 6.45) is 1.66. The molecular weight excluding hydrogens is 278 g/mol. The van der Waals surface area contributed by atoms with E-state index in [-0.39, 0.29) is 6.04 Å². The molecule has 0 spiro atoms. The average Bonchev–Trinajstić information content (AvgIpc) is 2.39. The molecule has 1 unspecified atom stereocenters. The molecule has 0 aliphatic rings. The van der Waals surface area contributed by atoms with Gasteiger partial charge in [-0.2, -0.15) is 0 Å². The van der Waals surface area contributed by atoms with Crippen molar-refractivity contribution in [2.75, 3.05) is 5.32 Å². The quantitative estimate of drug-likeness (QED) is 0.846. The van der Waals surface area contributed by atoms with Gasteiger partial charge in [-0.1, -0.05) is 36.0 Å². The molecule has 1 aromatic carbocycles. The highest BCUT2D eigenvalue weighted by molar-refractivity contribution is 7.80. The minimum atomic E-state index is 0.113. The van der Waals surface area contributed by atoms with Gasteiger partial charge in [0, 0.05) is 22.8 Å². The topological polar surface area (TPSA) is 50.9 Å². The van der Waals surface area contributed by atoms with Crippen molar-refractivity contribution in [1.82, 2.24) is 4.98 Å². The summed E-state index contributed by atoms with van der Waals surface area (Å²) in [5, 5.41) is 4.02. The van der Waals surface area contributed by atoms with Crippen molar-refractivity contribution >= 4 is 34.6 Å². The van der Waals surface area contributed by atoms with Crippen molar-refractivity contribution in [2.45, 2.75) is 13.0 Å². The number of nitrogens with one attached hydrogen (secondary N) is 1. The molecular formula is C14H14ClN3S. The zero-order valence-corrected chi connectivity index (χ0v) is 12.0. The number of hydrogen-bond acceptors (Lipinski definition) is 3. The van der Waals surface area contributed by atoms with Crippen LogP contribution in [0.1, 0.15) is 24.1 Å². The monoisotopic (exact) mass is 291 g/mol. The molecule has 3 nitrogen and oxygen atoms in total. The van der Waals surface area contributed by atoms with Crippen LogP contribution in [0.25, 0.3) is 0 Å². The molecule has 0 aliphatic carbocycles. The van der Waals surface area contributed by atoms with E-state index in [1.54, 1.807) is 6.20 Å². The van der Waals surface area contributed by atoms with E-state index < -0.39 is 0 Å². The van der Waals surface area contributed by atoms with E-state index in [0.29, 0.717) is 4.99 Å². The molecule has 1 atom stereocenters. The molecule has 0 amide bonds. The number of aromatic nitrogens is 1. The first-order valence-corrected chi connectivity index (χ1v) is 6.63. The highest BCUT2D eigenvalue weighted by Crippen LogP contribution is 2.20. The van der Waals surface area contributed by atoms with E-state index in [2.05, 4.69) is 17.2 Å². The number of hydrogen-bond donors (Lipinski definition) is 2. The minimum absolute atomic E-state index is 0.113. The number of pyridine rings is 1. The molecule has 98 valence electrons. The Morgan fingerprint density at radius 2 is 2.16 bits per heavy atom. The Bertz CT molecular complexity index is 583. The molecule has 2 rings (SSSR count). The number of rotatable bonds is 4. The lowest BCUT2D eigenvalue weighted by Crippen LogP contribution is -2.11. The van der Waals surface area contributed by atoms with Crippen LogP contribution in [0.3, 0.4) is 0 Å². The molecule has 1 heterocycles. The smallest absolute Gasteiger partial charge is 0.126 e. The largest absolute Gasteiger partial charge is 0.389 e. The second kappa shape index (κ2) is 5.99. The van der Waals surface area contributed by atoms with E-state index in [0.717, 1.165) is 22.0 Å². The van der Waals surface area contributed by atoms with Crippen LogP contribution in [-0.4, -0.2) is 9.97 Å². The number of nitrogens with two attached hydrogens (primary N) is 1. The van der Waals surface area contributed by atoms with Crippen molar-refractivity contribution in [1.29, 1.82) is 0 Å². The molecule has 0 aliphatic heterocycles. The normalized spacial score (nSPS) is 11.9. The summed E-state index contributed by atoms with van der Waals surface area (Å²) in [7, 11) is 0. The summed E-state index contributed by atoms with van der Waals surface area (Å²) >= 11 is 10.9. The average molecular weight is 292 g/mol. The first kappa shape index (κ1) is 13.8. The zero-order chi connectivity index (χ0) is 13.8. The highest BCUT2D eigenvalue weighted by Gasteiger charge is 2.06. The third-order valence-electron chi connectivity index (χ3n) is 2.76. The van der Waals surface area contributed by atoms with Crippen LogP contribution in [0.5, 0.6) is 0 Å². The fourth-order valence-corrected chi connectivity index (χ4v) is 2.03. The Kier molecular flexibility index (Phi) is 4.35. The van der Waals surface area contributed by atoms with E-state index in [4.69, 9.17) is 29.6 Å². The van der Waals surface area contributed by atoms with Crippen molar-refractivity contribution in [3.8, 4) is 0 Å². The fourth-order valence-electron chi connectivity index (χ4n) is 1.71. The maximum atomic E-state index is 5.98. The van der Waals surface area contributed by atoms with E-state index in [1.165, 1.54) is 0 Å². The number of nitrogens with zero attached hydrogens (tertiary/aromatic N) is 1. The second-order valence-corrected chi connectivity index (χ2v) is 5.09. The number of thiocarbonyl (C=S) groups is 1. The first-order chi connectivity index (χ1) is 9.06. The number of anilines is 1. The van der Waals surface area contributed by atoms with Gasteiger partial charge in [0.05, 0.1) is 0 Å². The molecule has 0 saturated carbocycles. The van der Waals surface area contributed by atoms with Crippen LogP contribution in [-0.2, 0) is 0 Å². The molecule has 5 heteroatoms. The predicted molar refractivity (Wildman–Crippen MR) is 83.6 cm³/mol. The summed E-state index contributed by atoms with van der Waals surface area (Å²) in [4.78, 5) is 4.63. The van der Waals surface area contributed by atoms with Crippen molar-refractivity contribution in [2.24, 2.45) is 5.73 Å². The molecule has 0 radical (unpaired) electrons. The molecule has 0 bridgehead atoms. The van der Waals surface area contributed by atoms with Gasteiger partial charge in [0.1, 0.15) is 10.8 Å². The maximum Gasteiger partial charge on any atom is 0.126 e. The number of benzene rings is 1. The SMILES string of the molecule is CC(Nc1ccc(C(N)=S)cn1)c1cccc(Cl)c1. The van der Waals surface area contributed by atoms with Gasteiger partial charge in [-0.25, -0.2) is 4.98 Å². The Morgan fingerprint density at radius 3 is 2.74 bits per heavy atom. The molecule has 2 aromatic rings. The van der Waals surface area contributed by atoms with Crippen molar-refractivity contribution in [3.63, 3.8) is 0 Å². The lowest BCUT2D eigenvalue weighted by atomic mass is 10.1. The first-order valence-electron chi connectivity index (χ1n) is 5.84. The Labute approximate surface area is 122 Å². The van der Waals surface area contributed by atoms with Crippen LogP contribution in [0.2, 0.25) is 5.02 Å². The molecule has 1 aromatic heterocycles. The van der Waals surface area contributed by atoms with Crippen LogP contribution >= 0.6 is 23.8 Å². The lowest BCUT2D eigenvalue weighted by molar-refractivity contribution is 0.874. The molecule has 0 fully saturated rings. The van der Waals surface area contributed by atoms with Gasteiger partial charge >= 0.3 is 0 Å². The summed E-state index contributed by atoms with van der Waals surface area (Å²) < 4.78 is 0. The summed E-state index contributed by atoms with van der Waals surface area (Å²) in [6.45, 7) is 2.05. The van der Waals surface area contributed by atoms with Gasteiger partial charge in [-0.3, -0.25) is 0 Å². The van der Waals surface area contributed by atoms with Crippen LogP contribution < -0.4 is 11.1 Å². The van der Waals surface area contributed by atoms with E-state index in [9.17, 15) is 0 Å². The molecule has 0 saturated heterocycles. The van der Waals surface area contributed by atoms with E-state index >= 15 is 0 Å². The van der Waals surface area contributed by atoms with Gasteiger partial charge < -0.3 is 11.1 Å². The van der Waals surface area contributed by atoms with Gasteiger partial charge in [-0.05, 0) is 36.8 Å². The molecule has 3 N–H and O–H groups in total. The lowest BCUT2D eigenvalue weighted by Gasteiger charge is -2.15. The van der Waals surface area contributed by atoms with Gasteiger partial charge in [-0.15, -0.1) is 0 Å². The Morgan fingerprint density at radius 1 is 1.37 bits per heavy atom. The van der Waals surface area contributed by atoms with Gasteiger partial charge in [0.25, 0.3) is 0 Å². The minimum Gasteiger partial charge on any atom is -0.389 e. The van der Waals surface area contributed by atoms with Crippen LogP contribution in [0.4, 0.5) is 5.82 Å². The van der Waals surface area contributed by atoms with Gasteiger partial charge in [0.2, 0.25) is 0 Å². The zero-order valence-electron chi connectivity index (χ0n) is 10.4. The highest BCUT2D eigenvalue weighted by atomic mass is 35.5. The summed E-state index contributed by atoms with van der Waals surface area (Å²) in [5.74, 6) is 0.771. The Hall–Kier alpha value is -1.65. The van der Waals surface area contributed by atoms with E-state index in [1.807, 2.05) is 36.4 Å². The second-order valence-electron chi connectivity index (χ2n) is 4.22. The van der Waals surface area contributed by atoms with Crippen LogP contribution in [0.15, 0.2) is 42.6 Å². The summed E-state index contributed by atoms with van der Waals surface area (Å²) in [6, 6.07) is 11.6. The Balaban J connectivity index is 2.10. The summed E-state index contributed by atoms with van der Waals surface area (Å²) in [5.41, 5.74) is 7.39. The predicted octanol–water partition coefficient (Wildman–Crippen LogP) is 3.54. The third-order valence-corrected chi connectivity index (χ3v) is 3.23. The molecule has 19 heavy (non-hydrogen) atoms. The van der Waals surface area contributed by atoms with Crippen molar-refractivity contribution in [3.05, 3.63) is 58.7 Å². The fraction of sp³-hybridized carbons (Fsp3) is 0.143. The van der Waals surface area contributed by atoms with Gasteiger partial charge in [0.15, 0.2) is 0 Å². The maximum absolute atomic E-state index is 5.98. The van der Waals surface area contributed by atoms with Crippen LogP contribution in [0, 0.1) is 0 Å². The standard InChI is InChI=1S/C14H14ClN3S/c1-9(10-3-2-4-12(15)7-10)18-13-6-5-11(8-17-13)14(16)19/h2-9H,1H3,(H2,16,19)(H,17,18).